The maximum Gasteiger partial charge on any atom is 0.434 e. The fourth-order valence-electron chi connectivity index (χ4n) is 16.8. The molecule has 8 saturated heterocycles. The lowest BCUT2D eigenvalue weighted by Crippen LogP contribution is -2.42. The molecule has 0 radical (unpaired) electrons. The van der Waals surface area contributed by atoms with Crippen LogP contribution in [0.2, 0.25) is 15.5 Å². The maximum absolute atomic E-state index is 12.5. The average Bonchev–Trinajstić information content (AvgIpc) is 1.75. The van der Waals surface area contributed by atoms with Gasteiger partial charge in [0.15, 0.2) is 10.8 Å². The number of imidazole rings is 8. The van der Waals surface area contributed by atoms with Crippen LogP contribution in [0.15, 0.2) is 68.2 Å². The first-order valence-electron chi connectivity index (χ1n) is 41.8. The van der Waals surface area contributed by atoms with Crippen LogP contribution in [0.3, 0.4) is 0 Å². The summed E-state index contributed by atoms with van der Waals surface area (Å²) >= 11 is 17.9. The minimum Gasteiger partial charge on any atom is -0.383 e. The topological polar surface area (TPSA) is 249 Å². The van der Waals surface area contributed by atoms with E-state index in [2.05, 4.69) is 174 Å². The Labute approximate surface area is 707 Å². The molecule has 0 aliphatic carbocycles. The third-order valence-corrected chi connectivity index (χ3v) is 26.0. The summed E-state index contributed by atoms with van der Waals surface area (Å²) < 4.78 is 60.1. The minimum absolute atomic E-state index is 0.146. The van der Waals surface area contributed by atoms with Gasteiger partial charge in [-0.2, -0.15) is 13.2 Å². The number of aromatic amines is 2. The molecule has 16 rings (SSSR count). The Hall–Kier alpha value is -6.14. The lowest BCUT2D eigenvalue weighted by atomic mass is 9.90. The molecule has 0 unspecified atom stereocenters. The molecule has 117 heavy (non-hydrogen) atoms. The second-order valence-corrected chi connectivity index (χ2v) is 34.9. The third-order valence-electron chi connectivity index (χ3n) is 24.8. The first-order chi connectivity index (χ1) is 55.7. The third kappa shape index (κ3) is 26.9. The molecule has 0 aromatic carbocycles. The second-order valence-electron chi connectivity index (χ2n) is 33.8. The number of halogens is 6. The number of hydrogen-bond acceptors (Lipinski definition) is 20. The number of piperidine rings is 8. The predicted octanol–water partition coefficient (Wildman–Crippen LogP) is 11.2. The molecule has 8 aliphatic rings. The van der Waals surface area contributed by atoms with Gasteiger partial charge in [-0.05, 0) is 231 Å². The van der Waals surface area contributed by atoms with E-state index in [0.29, 0.717) is 45.6 Å². The SMILES string of the molecule is CN1CCC(O)(c2ncc[nH]2)CC1.CN1CCC(O)(c2nccn2C)CC1.CN1CCC(c2nc(C(F)(F)F)cn2C)CC1.CN1CCC(c2nc(Cl)c(Cl)n2C)CC1.CN1CCC(c2ncc(Cl)n2C)CC1.COC1(c2ncc[nH]2)CCN(C)CC1.COCCn1ccnc1C1CCN(C)CC1.Cc1cn(C)c(C2CCN(C)CC2)n1. The van der Waals surface area contributed by atoms with E-state index in [-0.39, 0.29) is 11.5 Å². The molecule has 8 fully saturated rings. The standard InChI is InChI=1S/C12H21N3O.C11H16F3N3.C11H19N3.C10H15Cl2N3.C10H16ClN3.2C10H17N3O.C9H15N3O/c1-14-6-3-11(4-7-14)12-13-5-8-15(12)9-10-16-2;1-16-5-3-8(4-6-16)10-15-9(7-17(10)2)11(12,13)14;1-9-8-14(3)11(12-9)10-4-6-13(2)7-5-10;1-14-5-3-7(4-6-14)10-13-8(11)9(12)15(10)2;1-13-5-3-8(4-6-13)10-12-7-9(11)14(10)2;1-13-7-3-10(14-2,4-8-13)9-11-5-6-12-9;1-12-6-3-10(14,4-7-12)9-11-5-8-13(9)2;1-12-6-2-9(13,3-7-12)8-10-4-5-11-8/h5,8,11H,3-4,6-7,9-10H2,1-2H3;7-8H,3-6H2,1-2H3;8,10H,4-7H2,1-3H3;7H,3-6H2,1-2H3;7-8H,3-6H2,1-2H3;5-6H,3-4,7-8H2,1-2H3,(H,11,12);5,8,14H,3-4,6-7H2,1-2H3;4-5,13H,2-3,6-7H2,1H3,(H,10,11). The molecule has 4 N–H and O–H groups in total. The number of aliphatic hydroxyl groups is 2. The molecule has 8 aromatic rings. The molecule has 28 nitrogen and oxygen atoms in total. The number of hydrogen-bond donors (Lipinski definition) is 4. The Morgan fingerprint density at radius 3 is 1.23 bits per heavy atom. The molecule has 654 valence electrons. The van der Waals surface area contributed by atoms with Gasteiger partial charge in [0, 0.05) is 187 Å². The lowest BCUT2D eigenvalue weighted by Gasteiger charge is -2.38. The normalized spacial score (nSPS) is 20.8. The fourth-order valence-corrected chi connectivity index (χ4v) is 17.3. The van der Waals surface area contributed by atoms with Crippen LogP contribution >= 0.6 is 34.8 Å². The smallest absolute Gasteiger partial charge is 0.383 e. The van der Waals surface area contributed by atoms with Crippen LogP contribution in [0.5, 0.6) is 0 Å². The number of aromatic nitrogens is 16. The van der Waals surface area contributed by atoms with Crippen LogP contribution in [0.4, 0.5) is 13.2 Å². The zero-order chi connectivity index (χ0) is 84.8. The molecule has 0 saturated carbocycles. The number of alkyl halides is 3. The number of aryl methyl sites for hydroxylation is 4. The summed E-state index contributed by atoms with van der Waals surface area (Å²) in [5.41, 5.74) is -1.27. The van der Waals surface area contributed by atoms with Gasteiger partial charge in [-0.1, -0.05) is 34.8 Å². The van der Waals surface area contributed by atoms with Crippen molar-refractivity contribution < 1.29 is 32.9 Å². The van der Waals surface area contributed by atoms with E-state index in [4.69, 9.17) is 44.3 Å². The van der Waals surface area contributed by atoms with Crippen molar-refractivity contribution in [2.45, 2.75) is 169 Å². The van der Waals surface area contributed by atoms with Gasteiger partial charge in [-0.15, -0.1) is 0 Å². The van der Waals surface area contributed by atoms with Gasteiger partial charge in [0.05, 0.1) is 18.5 Å². The van der Waals surface area contributed by atoms with Crippen molar-refractivity contribution in [3.8, 4) is 0 Å². The zero-order valence-electron chi connectivity index (χ0n) is 72.6. The van der Waals surface area contributed by atoms with Crippen LogP contribution in [-0.4, -0.2) is 309 Å². The van der Waals surface area contributed by atoms with Crippen molar-refractivity contribution in [1.82, 2.24) is 116 Å². The maximum atomic E-state index is 12.5. The van der Waals surface area contributed by atoms with Crippen LogP contribution in [0.1, 0.15) is 190 Å². The van der Waals surface area contributed by atoms with E-state index in [0.717, 1.165) is 196 Å². The lowest BCUT2D eigenvalue weighted by molar-refractivity contribution is -0.141. The van der Waals surface area contributed by atoms with E-state index in [9.17, 15) is 23.4 Å². The molecule has 0 spiro atoms. The van der Waals surface area contributed by atoms with Crippen molar-refractivity contribution >= 4 is 34.8 Å². The Kier molecular flexibility index (Phi) is 36.1. The average molecular weight is 1700 g/mol. The first kappa shape index (κ1) is 94.7. The number of likely N-dealkylation sites (tertiary alicyclic amines) is 8. The molecule has 16 heterocycles. The summed E-state index contributed by atoms with van der Waals surface area (Å²) in [6.07, 6.45) is 31.7. The predicted molar refractivity (Wildman–Crippen MR) is 456 cm³/mol. The highest BCUT2D eigenvalue weighted by molar-refractivity contribution is 6.40. The van der Waals surface area contributed by atoms with E-state index in [1.807, 2.05) is 60.5 Å². The number of rotatable bonds is 12. The highest BCUT2D eigenvalue weighted by Crippen LogP contribution is 2.38. The number of nitrogens with zero attached hydrogens (tertiary/aromatic N) is 22. The van der Waals surface area contributed by atoms with Gasteiger partial charge in [-0.3, -0.25) is 0 Å². The Balaban J connectivity index is 0.000000153. The molecule has 8 aliphatic heterocycles. The van der Waals surface area contributed by atoms with Gasteiger partial charge in [0.2, 0.25) is 0 Å². The van der Waals surface area contributed by atoms with E-state index in [1.165, 1.54) is 80.9 Å². The minimum atomic E-state index is -4.35. The summed E-state index contributed by atoms with van der Waals surface area (Å²) in [5.74, 6) is 10.2. The van der Waals surface area contributed by atoms with Crippen molar-refractivity contribution in [2.24, 2.45) is 35.2 Å². The summed E-state index contributed by atoms with van der Waals surface area (Å²) in [7, 11) is 30.1. The highest BCUT2D eigenvalue weighted by Gasteiger charge is 2.40. The highest BCUT2D eigenvalue weighted by atomic mass is 35.5. The van der Waals surface area contributed by atoms with Gasteiger partial charge >= 0.3 is 6.18 Å². The Bertz CT molecular complexity index is 4090. The molecule has 34 heteroatoms. The van der Waals surface area contributed by atoms with E-state index in [1.54, 1.807) is 52.3 Å². The van der Waals surface area contributed by atoms with E-state index < -0.39 is 23.1 Å². The van der Waals surface area contributed by atoms with Crippen molar-refractivity contribution in [1.29, 1.82) is 0 Å². The van der Waals surface area contributed by atoms with Gasteiger partial charge in [0.1, 0.15) is 73.7 Å². The van der Waals surface area contributed by atoms with Gasteiger partial charge in [0.25, 0.3) is 0 Å². The van der Waals surface area contributed by atoms with Crippen LogP contribution in [0, 0.1) is 6.92 Å². The van der Waals surface area contributed by atoms with Crippen LogP contribution in [0.25, 0.3) is 0 Å². The largest absolute Gasteiger partial charge is 0.434 e. The molecule has 0 amide bonds. The molecule has 0 bridgehead atoms. The summed E-state index contributed by atoms with van der Waals surface area (Å²) in [4.78, 5) is 58.8. The van der Waals surface area contributed by atoms with Crippen molar-refractivity contribution in [3.63, 3.8) is 0 Å². The molecular formula is C83H136Cl3F3N24O4. The Morgan fingerprint density at radius 1 is 0.444 bits per heavy atom. The summed E-state index contributed by atoms with van der Waals surface area (Å²) in [6.45, 7) is 20.8. The Morgan fingerprint density at radius 2 is 0.855 bits per heavy atom. The number of ether oxygens (including phenoxy) is 2. The molecule has 0 atom stereocenters. The van der Waals surface area contributed by atoms with E-state index >= 15 is 0 Å². The van der Waals surface area contributed by atoms with Gasteiger partial charge in [-0.25, -0.2) is 39.9 Å². The monoisotopic (exact) mass is 1700 g/mol. The molecular weight excluding hydrogens is 1560 g/mol. The number of nitrogens with one attached hydrogen (secondary N) is 2. The van der Waals surface area contributed by atoms with Crippen LogP contribution in [-0.2, 0) is 74.2 Å². The number of methoxy groups -OCH3 is 2. The van der Waals surface area contributed by atoms with Crippen molar-refractivity contribution in [3.05, 3.63) is 142 Å². The zero-order valence-corrected chi connectivity index (χ0v) is 74.9. The number of H-pyrrole nitrogens is 2. The summed E-state index contributed by atoms with van der Waals surface area (Å²) in [5, 5.41) is 22.4. The van der Waals surface area contributed by atoms with Crippen LogP contribution < -0.4 is 0 Å². The fraction of sp³-hybridized carbons (Fsp3) is 0.711. The van der Waals surface area contributed by atoms with Gasteiger partial charge < -0.3 is 96.3 Å². The second kappa shape index (κ2) is 44.6. The first-order valence-corrected chi connectivity index (χ1v) is 43.0. The molecule has 8 aromatic heterocycles. The van der Waals surface area contributed by atoms with Crippen molar-refractivity contribution in [2.75, 3.05) is 182 Å². The quantitative estimate of drug-likeness (QED) is 0.0887. The summed E-state index contributed by atoms with van der Waals surface area (Å²) in [6, 6.07) is 0.